The second kappa shape index (κ2) is 4.40. The summed E-state index contributed by atoms with van der Waals surface area (Å²) in [7, 11) is 0. The molecule has 0 amide bonds. The van der Waals surface area contributed by atoms with Gasteiger partial charge in [-0.1, -0.05) is 0 Å². The van der Waals surface area contributed by atoms with Crippen LogP contribution in [0.4, 0.5) is 0 Å². The number of nitrogens with one attached hydrogen (secondary N) is 1. The fourth-order valence-corrected chi connectivity index (χ4v) is 3.35. The normalized spacial score (nSPS) is 13.6. The molecule has 1 atom stereocenters. The minimum Gasteiger partial charge on any atom is -0.329 e. The number of hydrogen-bond donors (Lipinski definition) is 2. The molecule has 76 valence electrons. The molecule has 0 bridgehead atoms. The van der Waals surface area contributed by atoms with Gasteiger partial charge in [-0.2, -0.15) is 0 Å². The van der Waals surface area contributed by atoms with Gasteiger partial charge in [0.1, 0.15) is 0 Å². The summed E-state index contributed by atoms with van der Waals surface area (Å²) in [5.41, 5.74) is 5.53. The fraction of sp³-hybridized carbons (Fsp3) is 0.400. The van der Waals surface area contributed by atoms with E-state index < -0.39 is 0 Å². The average molecular weight is 226 g/mol. The third-order valence-corrected chi connectivity index (χ3v) is 4.26. The van der Waals surface area contributed by atoms with Gasteiger partial charge in [-0.25, -0.2) is 0 Å². The number of hydrogen-bond acceptors (Lipinski definition) is 4. The van der Waals surface area contributed by atoms with Crippen molar-refractivity contribution >= 4 is 32.1 Å². The summed E-state index contributed by atoms with van der Waals surface area (Å²) in [5.74, 6) is 0. The van der Waals surface area contributed by atoms with Crippen LogP contribution in [-0.2, 0) is 6.54 Å². The summed E-state index contributed by atoms with van der Waals surface area (Å²) in [6, 6.07) is 4.84. The van der Waals surface area contributed by atoms with E-state index in [0.717, 1.165) is 6.54 Å². The molecule has 4 heteroatoms. The van der Waals surface area contributed by atoms with Gasteiger partial charge in [-0.3, -0.25) is 0 Å². The monoisotopic (exact) mass is 226 g/mol. The van der Waals surface area contributed by atoms with Gasteiger partial charge in [-0.15, -0.1) is 22.7 Å². The van der Waals surface area contributed by atoms with Crippen molar-refractivity contribution in [2.75, 3.05) is 6.54 Å². The molecule has 0 fully saturated rings. The van der Waals surface area contributed by atoms with Crippen molar-refractivity contribution < 1.29 is 0 Å². The average Bonchev–Trinajstić information content (AvgIpc) is 2.73. The molecule has 2 aromatic rings. The number of nitrogens with two attached hydrogens (primary N) is 1. The Morgan fingerprint density at radius 2 is 2.36 bits per heavy atom. The van der Waals surface area contributed by atoms with Gasteiger partial charge in [-0.05, 0) is 24.4 Å². The third-order valence-electron chi connectivity index (χ3n) is 2.17. The number of thiophene rings is 2. The Morgan fingerprint density at radius 3 is 3.07 bits per heavy atom. The van der Waals surface area contributed by atoms with Crippen LogP contribution < -0.4 is 11.1 Å². The third kappa shape index (κ3) is 2.15. The fourth-order valence-electron chi connectivity index (χ4n) is 1.26. The van der Waals surface area contributed by atoms with Crippen molar-refractivity contribution in [3.63, 3.8) is 0 Å². The summed E-state index contributed by atoms with van der Waals surface area (Å²) in [4.78, 5) is 1.40. The quantitative estimate of drug-likeness (QED) is 0.840. The highest BCUT2D eigenvalue weighted by molar-refractivity contribution is 7.26. The largest absolute Gasteiger partial charge is 0.329 e. The van der Waals surface area contributed by atoms with Gasteiger partial charge in [0, 0.05) is 33.4 Å². The highest BCUT2D eigenvalue weighted by Gasteiger charge is 2.03. The summed E-state index contributed by atoms with van der Waals surface area (Å²) >= 11 is 3.67. The topological polar surface area (TPSA) is 38.0 Å². The van der Waals surface area contributed by atoms with E-state index in [9.17, 15) is 0 Å². The molecule has 0 unspecified atom stereocenters. The molecule has 14 heavy (non-hydrogen) atoms. The molecule has 0 aromatic carbocycles. The van der Waals surface area contributed by atoms with Crippen LogP contribution >= 0.6 is 22.7 Å². The Labute approximate surface area is 91.7 Å². The lowest BCUT2D eigenvalue weighted by Gasteiger charge is -2.08. The van der Waals surface area contributed by atoms with Crippen molar-refractivity contribution in [1.29, 1.82) is 0 Å². The van der Waals surface area contributed by atoms with Gasteiger partial charge in [0.25, 0.3) is 0 Å². The first-order valence-corrected chi connectivity index (χ1v) is 6.38. The first kappa shape index (κ1) is 10.1. The first-order chi connectivity index (χ1) is 6.79. The van der Waals surface area contributed by atoms with Crippen LogP contribution in [-0.4, -0.2) is 12.6 Å². The van der Waals surface area contributed by atoms with Crippen LogP contribution in [0.15, 0.2) is 17.5 Å². The minimum absolute atomic E-state index is 0.398. The molecule has 2 aromatic heterocycles. The zero-order valence-corrected chi connectivity index (χ0v) is 9.75. The van der Waals surface area contributed by atoms with E-state index in [4.69, 9.17) is 5.73 Å². The lowest BCUT2D eigenvalue weighted by molar-refractivity contribution is 0.560. The molecular weight excluding hydrogens is 212 g/mol. The molecule has 0 aliphatic rings. The molecule has 2 heterocycles. The van der Waals surface area contributed by atoms with Gasteiger partial charge < -0.3 is 11.1 Å². The van der Waals surface area contributed by atoms with E-state index in [0.29, 0.717) is 12.6 Å². The van der Waals surface area contributed by atoms with Gasteiger partial charge >= 0.3 is 0 Å². The van der Waals surface area contributed by atoms with Crippen molar-refractivity contribution in [3.8, 4) is 0 Å². The second-order valence-electron chi connectivity index (χ2n) is 3.38. The molecule has 0 aliphatic heterocycles. The Balaban J connectivity index is 2.01. The molecule has 2 nitrogen and oxygen atoms in total. The van der Waals surface area contributed by atoms with E-state index in [1.54, 1.807) is 11.3 Å². The Hall–Kier alpha value is -0.420. The Kier molecular flexibility index (Phi) is 3.18. The first-order valence-electron chi connectivity index (χ1n) is 4.69. The zero-order chi connectivity index (χ0) is 9.97. The van der Waals surface area contributed by atoms with Crippen molar-refractivity contribution in [2.45, 2.75) is 19.5 Å². The molecule has 0 aliphatic carbocycles. The molecule has 3 N–H and O–H groups in total. The maximum Gasteiger partial charge on any atom is 0.0453 e. The van der Waals surface area contributed by atoms with E-state index in [1.807, 2.05) is 11.3 Å². The lowest BCUT2D eigenvalue weighted by Crippen LogP contribution is -2.32. The van der Waals surface area contributed by atoms with Gasteiger partial charge in [0.2, 0.25) is 0 Å². The lowest BCUT2D eigenvalue weighted by atomic mass is 10.3. The molecule has 0 saturated carbocycles. The highest BCUT2D eigenvalue weighted by atomic mass is 32.1. The van der Waals surface area contributed by atoms with E-state index in [-0.39, 0.29) is 0 Å². The maximum atomic E-state index is 5.53. The van der Waals surface area contributed by atoms with Crippen LogP contribution in [0.5, 0.6) is 0 Å². The summed E-state index contributed by atoms with van der Waals surface area (Å²) in [5, 5.41) is 5.53. The van der Waals surface area contributed by atoms with Crippen LogP contribution in [0.1, 0.15) is 11.8 Å². The van der Waals surface area contributed by atoms with Crippen molar-refractivity contribution in [3.05, 3.63) is 22.4 Å². The maximum absolute atomic E-state index is 5.53. The van der Waals surface area contributed by atoms with Crippen LogP contribution in [0.3, 0.4) is 0 Å². The summed E-state index contributed by atoms with van der Waals surface area (Å²) < 4.78 is 2.79. The standard InChI is InChI=1S/C10H14N2S2/c1-7(5-11)12-6-8-4-10-9(14-8)2-3-13-10/h2-4,7,12H,5-6,11H2,1H3/t7-/m0/s1. The second-order valence-corrected chi connectivity index (χ2v) is 5.50. The molecule has 0 spiro atoms. The predicted octanol–water partition coefficient (Wildman–Crippen LogP) is 2.40. The minimum atomic E-state index is 0.398. The Morgan fingerprint density at radius 1 is 1.50 bits per heavy atom. The summed E-state index contributed by atoms with van der Waals surface area (Å²) in [6.07, 6.45) is 0. The summed E-state index contributed by atoms with van der Waals surface area (Å²) in [6.45, 7) is 3.74. The van der Waals surface area contributed by atoms with Gasteiger partial charge in [0.05, 0.1) is 0 Å². The van der Waals surface area contributed by atoms with E-state index in [1.165, 1.54) is 14.3 Å². The van der Waals surface area contributed by atoms with Crippen LogP contribution in [0.25, 0.3) is 9.40 Å². The van der Waals surface area contributed by atoms with Gasteiger partial charge in [0.15, 0.2) is 0 Å². The smallest absolute Gasteiger partial charge is 0.0453 e. The predicted molar refractivity (Wildman–Crippen MR) is 65.1 cm³/mol. The van der Waals surface area contributed by atoms with Crippen LogP contribution in [0.2, 0.25) is 0 Å². The highest BCUT2D eigenvalue weighted by Crippen LogP contribution is 2.29. The number of fused-ring (bicyclic) bond motifs is 1. The SMILES string of the molecule is C[C@@H](CN)NCc1cc2sccc2s1. The van der Waals surface area contributed by atoms with E-state index in [2.05, 4.69) is 29.8 Å². The molecule has 2 rings (SSSR count). The van der Waals surface area contributed by atoms with Crippen molar-refractivity contribution in [2.24, 2.45) is 5.73 Å². The number of rotatable bonds is 4. The molecular formula is C10H14N2S2. The van der Waals surface area contributed by atoms with Crippen molar-refractivity contribution in [1.82, 2.24) is 5.32 Å². The zero-order valence-electron chi connectivity index (χ0n) is 8.12. The Bertz CT molecular complexity index is 376. The molecule has 0 radical (unpaired) electrons. The van der Waals surface area contributed by atoms with Crippen LogP contribution in [0, 0.1) is 0 Å². The molecule has 0 saturated heterocycles. The van der Waals surface area contributed by atoms with E-state index >= 15 is 0 Å².